The molecule has 11 nitrogen and oxygen atoms in total. The first-order valence-corrected chi connectivity index (χ1v) is 8.20. The predicted molar refractivity (Wildman–Crippen MR) is 98.3 cm³/mol. The Kier molecular flexibility index (Phi) is 8.49. The minimum absolute atomic E-state index is 0.0295. The zero-order valence-electron chi connectivity index (χ0n) is 15.1. The van der Waals surface area contributed by atoms with E-state index in [4.69, 9.17) is 11.5 Å². The van der Waals surface area contributed by atoms with Crippen LogP contribution in [0.5, 0.6) is 0 Å². The van der Waals surface area contributed by atoms with Crippen molar-refractivity contribution in [1.82, 2.24) is 0 Å². The highest BCUT2D eigenvalue weighted by atomic mass is 16.7. The minimum atomic E-state index is -0.868. The number of primary amides is 1. The van der Waals surface area contributed by atoms with Crippen LogP contribution in [0.2, 0.25) is 0 Å². The molecule has 1 aromatic carbocycles. The lowest BCUT2D eigenvalue weighted by molar-refractivity contribution is -0.384. The summed E-state index contributed by atoms with van der Waals surface area (Å²) in [6, 6.07) is 3.85. The Labute approximate surface area is 155 Å². The molecule has 1 atom stereocenters. The second-order valence-corrected chi connectivity index (χ2v) is 5.78. The highest BCUT2D eigenvalue weighted by Gasteiger charge is 2.24. The average Bonchev–Trinajstić information content (AvgIpc) is 2.59. The number of amidine groups is 1. The molecule has 0 aromatic heterocycles. The Morgan fingerprint density at radius 2 is 2.04 bits per heavy atom. The number of nitro benzene ring substituents is 1. The van der Waals surface area contributed by atoms with Gasteiger partial charge in [0.1, 0.15) is 11.5 Å². The molecule has 1 rings (SSSR count). The lowest BCUT2D eigenvalue weighted by Crippen LogP contribution is -2.19. The summed E-state index contributed by atoms with van der Waals surface area (Å²) in [5, 5.41) is 17.7. The van der Waals surface area contributed by atoms with Crippen molar-refractivity contribution >= 4 is 29.3 Å². The van der Waals surface area contributed by atoms with Crippen molar-refractivity contribution in [3.05, 3.63) is 33.9 Å². The van der Waals surface area contributed by atoms with Gasteiger partial charge in [-0.1, -0.05) is 11.2 Å². The van der Waals surface area contributed by atoms with E-state index in [9.17, 15) is 19.7 Å². The first-order valence-electron chi connectivity index (χ1n) is 8.20. The number of hydrogen-bond donors (Lipinski definition) is 3. The molecule has 0 unspecified atom stereocenters. The number of hydrogen-bond acceptors (Lipinski definition) is 8. The number of rotatable bonds is 10. The van der Waals surface area contributed by atoms with Gasteiger partial charge in [-0.05, 0) is 39.2 Å². The number of carbonyl (C=O) groups is 2. The van der Waals surface area contributed by atoms with Gasteiger partial charge >= 0.3 is 12.1 Å². The van der Waals surface area contributed by atoms with Crippen molar-refractivity contribution in [2.45, 2.75) is 39.2 Å². The summed E-state index contributed by atoms with van der Waals surface area (Å²) in [6.45, 7) is 3.44. The van der Waals surface area contributed by atoms with E-state index in [-0.39, 0.29) is 35.4 Å². The number of ether oxygens (including phenoxy) is 1. The number of para-hydroxylation sites is 1. The largest absolute Gasteiger partial charge is 0.450 e. The predicted octanol–water partition coefficient (Wildman–Crippen LogP) is 2.11. The van der Waals surface area contributed by atoms with Crippen LogP contribution < -0.4 is 16.8 Å². The van der Waals surface area contributed by atoms with Crippen LogP contribution in [0, 0.1) is 10.1 Å². The molecule has 0 heterocycles. The normalized spacial score (nSPS) is 12.1. The van der Waals surface area contributed by atoms with Gasteiger partial charge in [0.15, 0.2) is 0 Å². The molecule has 0 saturated heterocycles. The summed E-state index contributed by atoms with van der Waals surface area (Å²) in [5.74, 6) is -0.831. The van der Waals surface area contributed by atoms with Crippen molar-refractivity contribution in [2.24, 2.45) is 16.6 Å². The van der Waals surface area contributed by atoms with Gasteiger partial charge in [0, 0.05) is 12.1 Å². The maximum Gasteiger partial charge on any atom is 0.404 e. The molecule has 0 spiro atoms. The van der Waals surface area contributed by atoms with Gasteiger partial charge in [0.2, 0.25) is 0 Å². The summed E-state index contributed by atoms with van der Waals surface area (Å²) in [7, 11) is 0. The van der Waals surface area contributed by atoms with Crippen LogP contribution in [0.1, 0.15) is 43.5 Å². The van der Waals surface area contributed by atoms with Gasteiger partial charge in [-0.2, -0.15) is 0 Å². The van der Waals surface area contributed by atoms with Crippen LogP contribution in [-0.4, -0.2) is 35.5 Å². The molecule has 5 N–H and O–H groups in total. The molecule has 0 aliphatic rings. The third kappa shape index (κ3) is 7.59. The lowest BCUT2D eigenvalue weighted by Gasteiger charge is -2.17. The van der Waals surface area contributed by atoms with E-state index in [0.717, 1.165) is 0 Å². The average molecular weight is 381 g/mol. The van der Waals surface area contributed by atoms with Gasteiger partial charge in [-0.3, -0.25) is 10.1 Å². The van der Waals surface area contributed by atoms with Crippen LogP contribution >= 0.6 is 0 Å². The molecule has 0 saturated carbocycles. The number of nitrogens with zero attached hydrogens (tertiary/aromatic N) is 2. The monoisotopic (exact) mass is 381 g/mol. The summed E-state index contributed by atoms with van der Waals surface area (Å²) < 4.78 is 4.63. The number of unbranched alkanes of at least 4 members (excludes halogenated alkanes) is 1. The second kappa shape index (κ2) is 10.6. The van der Waals surface area contributed by atoms with Crippen molar-refractivity contribution in [1.29, 1.82) is 0 Å². The Morgan fingerprint density at radius 3 is 2.63 bits per heavy atom. The second-order valence-electron chi connectivity index (χ2n) is 5.78. The molecular weight excluding hydrogens is 358 g/mol. The number of benzene rings is 1. The standard InChI is InChI=1S/C16H23N5O6/c1-10(6-3-4-9-26-16(18)23)19-14-12(15(22)27-20-11(2)17)7-5-8-13(14)21(24)25/h5,7-8,10,19H,3-4,6,9H2,1-2H3,(H2,17,20)(H2,18,23)/t10-/m0/s1. The van der Waals surface area contributed by atoms with E-state index in [1.54, 1.807) is 0 Å². The van der Waals surface area contributed by atoms with Gasteiger partial charge < -0.3 is 26.4 Å². The number of carbonyl (C=O) groups excluding carboxylic acids is 2. The van der Waals surface area contributed by atoms with Gasteiger partial charge in [-0.25, -0.2) is 9.59 Å². The smallest absolute Gasteiger partial charge is 0.404 e. The summed E-state index contributed by atoms with van der Waals surface area (Å²) >= 11 is 0. The van der Waals surface area contributed by atoms with Crippen molar-refractivity contribution < 1.29 is 24.1 Å². The molecule has 0 radical (unpaired) electrons. The molecule has 0 bridgehead atoms. The fourth-order valence-electron chi connectivity index (χ4n) is 2.22. The van der Waals surface area contributed by atoms with E-state index in [1.165, 1.54) is 25.1 Å². The van der Waals surface area contributed by atoms with Crippen molar-refractivity contribution in [3.8, 4) is 0 Å². The first-order chi connectivity index (χ1) is 12.7. The van der Waals surface area contributed by atoms with Crippen LogP contribution in [0.4, 0.5) is 16.2 Å². The van der Waals surface area contributed by atoms with Gasteiger partial charge in [0.05, 0.1) is 17.1 Å². The number of nitrogens with two attached hydrogens (primary N) is 2. The fraction of sp³-hybridized carbons (Fsp3) is 0.438. The van der Waals surface area contributed by atoms with Crippen molar-refractivity contribution in [2.75, 3.05) is 11.9 Å². The maximum absolute atomic E-state index is 12.2. The maximum atomic E-state index is 12.2. The van der Waals surface area contributed by atoms with E-state index in [1.807, 2.05) is 6.92 Å². The Balaban J connectivity index is 2.86. The molecule has 0 aliphatic heterocycles. The van der Waals surface area contributed by atoms with E-state index in [0.29, 0.717) is 19.3 Å². The molecule has 148 valence electrons. The minimum Gasteiger partial charge on any atom is -0.450 e. The molecule has 27 heavy (non-hydrogen) atoms. The Hall–Kier alpha value is -3.37. The number of nitro groups is 1. The Bertz CT molecular complexity index is 717. The van der Waals surface area contributed by atoms with E-state index in [2.05, 4.69) is 20.0 Å². The highest BCUT2D eigenvalue weighted by Crippen LogP contribution is 2.30. The number of nitrogens with one attached hydrogen (secondary N) is 1. The summed E-state index contributed by atoms with van der Waals surface area (Å²) in [5.41, 5.74) is 9.94. The molecular formula is C16H23N5O6. The SMILES string of the molecule is CC(N)=NOC(=O)c1cccc([N+](=O)[O-])c1N[C@@H](C)CCCCOC(N)=O. The van der Waals surface area contributed by atoms with Crippen molar-refractivity contribution in [3.63, 3.8) is 0 Å². The zero-order valence-corrected chi connectivity index (χ0v) is 15.1. The van der Waals surface area contributed by atoms with Crippen LogP contribution in [0.15, 0.2) is 23.4 Å². The molecule has 11 heteroatoms. The third-order valence-electron chi connectivity index (χ3n) is 3.40. The number of oxime groups is 1. The highest BCUT2D eigenvalue weighted by molar-refractivity contribution is 5.98. The lowest BCUT2D eigenvalue weighted by atomic mass is 10.1. The van der Waals surface area contributed by atoms with Gasteiger partial charge in [0.25, 0.3) is 5.69 Å². The van der Waals surface area contributed by atoms with E-state index < -0.39 is 17.0 Å². The topological polar surface area (TPSA) is 172 Å². The summed E-state index contributed by atoms with van der Waals surface area (Å²) in [6.07, 6.45) is 1.05. The molecule has 0 fully saturated rings. The van der Waals surface area contributed by atoms with Crippen LogP contribution in [0.25, 0.3) is 0 Å². The Morgan fingerprint density at radius 1 is 1.33 bits per heavy atom. The zero-order chi connectivity index (χ0) is 20.4. The van der Waals surface area contributed by atoms with Crippen LogP contribution in [0.3, 0.4) is 0 Å². The molecule has 0 aliphatic carbocycles. The fourth-order valence-corrected chi connectivity index (χ4v) is 2.22. The third-order valence-corrected chi connectivity index (χ3v) is 3.40. The number of amides is 1. The van der Waals surface area contributed by atoms with E-state index >= 15 is 0 Å². The molecule has 1 aromatic rings. The number of anilines is 1. The quantitative estimate of drug-likeness (QED) is 0.138. The molecule has 1 amide bonds. The van der Waals surface area contributed by atoms with Gasteiger partial charge in [-0.15, -0.1) is 0 Å². The summed E-state index contributed by atoms with van der Waals surface area (Å²) in [4.78, 5) is 38.1. The first kappa shape index (κ1) is 21.7. The van der Waals surface area contributed by atoms with Crippen LogP contribution in [-0.2, 0) is 9.57 Å².